The molecule has 4 rings (SSSR count). The van der Waals surface area contributed by atoms with Gasteiger partial charge >= 0.3 is 5.97 Å². The molecule has 1 aromatic heterocycles. The molecule has 0 aliphatic carbocycles. The highest BCUT2D eigenvalue weighted by Crippen LogP contribution is 2.37. The van der Waals surface area contributed by atoms with Gasteiger partial charge in [-0.15, -0.1) is 0 Å². The van der Waals surface area contributed by atoms with E-state index < -0.39 is 5.97 Å². The number of aromatic nitrogens is 1. The summed E-state index contributed by atoms with van der Waals surface area (Å²) in [5.41, 5.74) is 5.27. The fraction of sp³-hybridized carbons (Fsp3) is 0.0400. The lowest BCUT2D eigenvalue weighted by Crippen LogP contribution is -2.06. The van der Waals surface area contributed by atoms with Crippen LogP contribution in [0.1, 0.15) is 21.6 Å². The quantitative estimate of drug-likeness (QED) is 0.352. The zero-order valence-electron chi connectivity index (χ0n) is 16.0. The van der Waals surface area contributed by atoms with Gasteiger partial charge in [0.1, 0.15) is 5.69 Å². The summed E-state index contributed by atoms with van der Waals surface area (Å²) in [7, 11) is 1.36. The van der Waals surface area contributed by atoms with E-state index in [1.165, 1.54) is 7.11 Å². The molecule has 4 heteroatoms. The second kappa shape index (κ2) is 7.98. The molecule has 0 radical (unpaired) electrons. The molecule has 0 bridgehead atoms. The number of aromatic amines is 1. The first-order valence-corrected chi connectivity index (χ1v) is 9.30. The largest absolute Gasteiger partial charge is 0.464 e. The van der Waals surface area contributed by atoms with Crippen molar-refractivity contribution in [1.29, 1.82) is 5.41 Å². The van der Waals surface area contributed by atoms with Crippen molar-refractivity contribution >= 4 is 11.7 Å². The number of benzene rings is 3. The topological polar surface area (TPSA) is 65.9 Å². The minimum absolute atomic E-state index is 0.341. The number of carbonyl (C=O) groups excluding carboxylic acids is 1. The van der Waals surface area contributed by atoms with Gasteiger partial charge in [0.15, 0.2) is 0 Å². The third-order valence-corrected chi connectivity index (χ3v) is 4.83. The van der Waals surface area contributed by atoms with Gasteiger partial charge in [-0.2, -0.15) is 0 Å². The molecule has 4 aromatic rings. The number of rotatable bonds is 5. The second-order valence-electron chi connectivity index (χ2n) is 6.59. The van der Waals surface area contributed by atoms with E-state index in [-0.39, 0.29) is 0 Å². The van der Waals surface area contributed by atoms with Crippen molar-refractivity contribution in [2.75, 3.05) is 7.11 Å². The fourth-order valence-corrected chi connectivity index (χ4v) is 3.47. The molecule has 0 saturated carbocycles. The predicted octanol–water partition coefficient (Wildman–Crippen LogP) is 5.55. The van der Waals surface area contributed by atoms with Crippen LogP contribution in [-0.4, -0.2) is 23.8 Å². The van der Waals surface area contributed by atoms with E-state index in [1.54, 1.807) is 0 Å². The van der Waals surface area contributed by atoms with Crippen LogP contribution in [0.2, 0.25) is 0 Å². The number of esters is 1. The van der Waals surface area contributed by atoms with Crippen molar-refractivity contribution in [3.05, 3.63) is 108 Å². The van der Waals surface area contributed by atoms with E-state index in [9.17, 15) is 4.79 Å². The lowest BCUT2D eigenvalue weighted by Gasteiger charge is -2.11. The Morgan fingerprint density at radius 2 is 1.31 bits per heavy atom. The molecular weight excluding hydrogens is 360 g/mol. The van der Waals surface area contributed by atoms with Crippen LogP contribution < -0.4 is 0 Å². The predicted molar refractivity (Wildman–Crippen MR) is 115 cm³/mol. The standard InChI is InChI=1S/C25H20N2O2/c1-29-25(28)24-20(17-11-5-2-6-12-17)21(22(26)18-13-7-3-8-14-18)23(27-24)19-15-9-4-10-16-19/h2-16,26-27H,1H3. The normalized spacial score (nSPS) is 10.5. The number of hydrogen-bond acceptors (Lipinski definition) is 3. The number of carbonyl (C=O) groups is 1. The summed E-state index contributed by atoms with van der Waals surface area (Å²) < 4.78 is 5.05. The Kier molecular flexibility index (Phi) is 5.08. The Bertz CT molecular complexity index is 1150. The van der Waals surface area contributed by atoms with Gasteiger partial charge in [0.25, 0.3) is 0 Å². The minimum Gasteiger partial charge on any atom is -0.464 e. The van der Waals surface area contributed by atoms with Gasteiger partial charge in [0.2, 0.25) is 0 Å². The second-order valence-corrected chi connectivity index (χ2v) is 6.59. The molecule has 142 valence electrons. The van der Waals surface area contributed by atoms with Crippen LogP contribution in [0.5, 0.6) is 0 Å². The van der Waals surface area contributed by atoms with Gasteiger partial charge in [0, 0.05) is 16.7 Å². The Morgan fingerprint density at radius 3 is 1.86 bits per heavy atom. The summed E-state index contributed by atoms with van der Waals surface area (Å²) in [6.07, 6.45) is 0. The first kappa shape index (κ1) is 18.4. The molecule has 0 amide bonds. The number of ether oxygens (including phenoxy) is 1. The maximum absolute atomic E-state index is 12.6. The highest BCUT2D eigenvalue weighted by molar-refractivity contribution is 6.20. The van der Waals surface area contributed by atoms with E-state index in [4.69, 9.17) is 10.1 Å². The van der Waals surface area contributed by atoms with Gasteiger partial charge in [-0.3, -0.25) is 5.41 Å². The Labute approximate surface area is 169 Å². The van der Waals surface area contributed by atoms with Gasteiger partial charge in [-0.25, -0.2) is 4.79 Å². The molecule has 0 spiro atoms. The van der Waals surface area contributed by atoms with Crippen molar-refractivity contribution in [1.82, 2.24) is 4.98 Å². The first-order chi connectivity index (χ1) is 14.2. The van der Waals surface area contributed by atoms with E-state index >= 15 is 0 Å². The van der Waals surface area contributed by atoms with Crippen LogP contribution in [0.3, 0.4) is 0 Å². The van der Waals surface area contributed by atoms with Crippen LogP contribution >= 0.6 is 0 Å². The van der Waals surface area contributed by atoms with Gasteiger partial charge in [-0.05, 0) is 11.1 Å². The molecule has 0 aliphatic rings. The zero-order valence-corrected chi connectivity index (χ0v) is 16.0. The summed E-state index contributed by atoms with van der Waals surface area (Å²) in [6, 6.07) is 28.9. The van der Waals surface area contributed by atoms with E-state index in [2.05, 4.69) is 4.98 Å². The highest BCUT2D eigenvalue weighted by Gasteiger charge is 2.27. The lowest BCUT2D eigenvalue weighted by molar-refractivity contribution is 0.0596. The molecule has 0 unspecified atom stereocenters. The third kappa shape index (κ3) is 3.48. The number of methoxy groups -OCH3 is 1. The van der Waals surface area contributed by atoms with Crippen LogP contribution in [0.15, 0.2) is 91.0 Å². The molecule has 2 N–H and O–H groups in total. The molecule has 0 saturated heterocycles. The Hall–Kier alpha value is -3.92. The lowest BCUT2D eigenvalue weighted by atomic mass is 9.92. The molecule has 1 heterocycles. The summed E-state index contributed by atoms with van der Waals surface area (Å²) in [5, 5.41) is 8.99. The van der Waals surface area contributed by atoms with Crippen molar-refractivity contribution in [3.8, 4) is 22.4 Å². The molecular formula is C25H20N2O2. The highest BCUT2D eigenvalue weighted by atomic mass is 16.5. The van der Waals surface area contributed by atoms with E-state index in [1.807, 2.05) is 91.0 Å². The molecule has 0 aliphatic heterocycles. The van der Waals surface area contributed by atoms with Gasteiger partial charge in [-0.1, -0.05) is 91.0 Å². The van der Waals surface area contributed by atoms with Crippen LogP contribution in [0, 0.1) is 5.41 Å². The maximum Gasteiger partial charge on any atom is 0.355 e. The number of nitrogens with one attached hydrogen (secondary N) is 2. The van der Waals surface area contributed by atoms with Crippen LogP contribution in [0.4, 0.5) is 0 Å². The fourth-order valence-electron chi connectivity index (χ4n) is 3.47. The van der Waals surface area contributed by atoms with Crippen LogP contribution in [-0.2, 0) is 4.74 Å². The van der Waals surface area contributed by atoms with E-state index in [0.717, 1.165) is 22.4 Å². The van der Waals surface area contributed by atoms with Crippen molar-refractivity contribution in [2.45, 2.75) is 0 Å². The SMILES string of the molecule is COC(=O)c1[nH]c(-c2ccccc2)c(C(=N)c2ccccc2)c1-c1ccccc1. The van der Waals surface area contributed by atoms with Crippen molar-refractivity contribution in [2.24, 2.45) is 0 Å². The summed E-state index contributed by atoms with van der Waals surface area (Å²) in [5.74, 6) is -0.465. The molecule has 0 fully saturated rings. The van der Waals surface area contributed by atoms with Crippen LogP contribution in [0.25, 0.3) is 22.4 Å². The molecule has 3 aromatic carbocycles. The maximum atomic E-state index is 12.6. The van der Waals surface area contributed by atoms with Crippen molar-refractivity contribution in [3.63, 3.8) is 0 Å². The third-order valence-electron chi connectivity index (χ3n) is 4.83. The average molecular weight is 380 g/mol. The summed E-state index contributed by atoms with van der Waals surface area (Å²) >= 11 is 0. The number of H-pyrrole nitrogens is 1. The molecule has 29 heavy (non-hydrogen) atoms. The van der Waals surface area contributed by atoms with Gasteiger partial charge in [0.05, 0.1) is 18.5 Å². The van der Waals surface area contributed by atoms with Crippen molar-refractivity contribution < 1.29 is 9.53 Å². The summed E-state index contributed by atoms with van der Waals surface area (Å²) in [6.45, 7) is 0. The first-order valence-electron chi connectivity index (χ1n) is 9.30. The zero-order chi connectivity index (χ0) is 20.2. The average Bonchev–Trinajstić information content (AvgIpc) is 3.20. The van der Waals surface area contributed by atoms with E-state index in [0.29, 0.717) is 22.5 Å². The smallest absolute Gasteiger partial charge is 0.355 e. The molecule has 0 atom stereocenters. The molecule has 4 nitrogen and oxygen atoms in total. The monoisotopic (exact) mass is 380 g/mol. The summed E-state index contributed by atoms with van der Waals surface area (Å²) in [4.78, 5) is 15.9. The Balaban J connectivity index is 2.05. The number of hydrogen-bond donors (Lipinski definition) is 2. The van der Waals surface area contributed by atoms with Gasteiger partial charge < -0.3 is 9.72 Å². The Morgan fingerprint density at radius 1 is 0.793 bits per heavy atom. The minimum atomic E-state index is -0.465.